The highest BCUT2D eigenvalue weighted by atomic mass is 79.9. The van der Waals surface area contributed by atoms with Crippen LogP contribution in [0.3, 0.4) is 0 Å². The second-order valence-electron chi connectivity index (χ2n) is 4.34. The van der Waals surface area contributed by atoms with Crippen LogP contribution in [-0.2, 0) is 14.8 Å². The quantitative estimate of drug-likeness (QED) is 0.763. The van der Waals surface area contributed by atoms with Crippen molar-refractivity contribution in [2.45, 2.75) is 24.8 Å². The summed E-state index contributed by atoms with van der Waals surface area (Å²) in [4.78, 5) is 11.9. The number of carbonyl (C=O) groups excluding carboxylic acids is 1. The van der Waals surface area contributed by atoms with Crippen LogP contribution in [0.25, 0.3) is 0 Å². The van der Waals surface area contributed by atoms with Gasteiger partial charge in [0.25, 0.3) is 5.91 Å². The second-order valence-corrected chi connectivity index (χ2v) is 7.13. The molecule has 9 heteroatoms. The Kier molecular flexibility index (Phi) is 6.61. The minimum absolute atomic E-state index is 0.0345. The summed E-state index contributed by atoms with van der Waals surface area (Å²) in [6, 6.07) is 2.23. The van der Waals surface area contributed by atoms with Crippen molar-refractivity contribution in [3.05, 3.63) is 27.2 Å². The summed E-state index contributed by atoms with van der Waals surface area (Å²) >= 11 is 9.03. The van der Waals surface area contributed by atoms with Gasteiger partial charge in [0.1, 0.15) is 0 Å². The van der Waals surface area contributed by atoms with Crippen LogP contribution in [0.5, 0.6) is 0 Å². The lowest BCUT2D eigenvalue weighted by atomic mass is 10.2. The molecule has 21 heavy (non-hydrogen) atoms. The number of halogens is 2. The highest BCUT2D eigenvalue weighted by molar-refractivity contribution is 9.10. The zero-order valence-electron chi connectivity index (χ0n) is 11.5. The van der Waals surface area contributed by atoms with E-state index >= 15 is 0 Å². The van der Waals surface area contributed by atoms with Crippen LogP contribution in [0.1, 0.15) is 24.2 Å². The molecule has 1 atom stereocenters. The van der Waals surface area contributed by atoms with E-state index in [2.05, 4.69) is 21.2 Å². The van der Waals surface area contributed by atoms with Crippen molar-refractivity contribution >= 4 is 43.5 Å². The van der Waals surface area contributed by atoms with Crippen LogP contribution < -0.4 is 10.5 Å². The Balaban J connectivity index is 3.05. The van der Waals surface area contributed by atoms with Gasteiger partial charge in [-0.15, -0.1) is 0 Å². The van der Waals surface area contributed by atoms with Crippen molar-refractivity contribution in [3.63, 3.8) is 0 Å². The maximum Gasteiger partial charge on any atom is 0.253 e. The number of hydrogen-bond donors (Lipinski definition) is 2. The van der Waals surface area contributed by atoms with Gasteiger partial charge < -0.3 is 10.1 Å². The summed E-state index contributed by atoms with van der Waals surface area (Å²) in [6.45, 7) is 4.49. The molecular formula is C12H16BrClN2O4S. The van der Waals surface area contributed by atoms with Crippen molar-refractivity contribution < 1.29 is 17.9 Å². The topological polar surface area (TPSA) is 98.5 Å². The molecule has 0 bridgehead atoms. The molecule has 0 aliphatic carbocycles. The van der Waals surface area contributed by atoms with Crippen LogP contribution in [-0.4, -0.2) is 33.6 Å². The van der Waals surface area contributed by atoms with Gasteiger partial charge in [-0.25, -0.2) is 13.6 Å². The van der Waals surface area contributed by atoms with Gasteiger partial charge in [-0.2, -0.15) is 0 Å². The van der Waals surface area contributed by atoms with Crippen molar-refractivity contribution in [1.29, 1.82) is 0 Å². The Bertz CT molecular complexity index is 636. The zero-order valence-corrected chi connectivity index (χ0v) is 14.7. The number of nitrogens with one attached hydrogen (secondary N) is 1. The number of rotatable bonds is 6. The molecule has 0 radical (unpaired) electrons. The minimum atomic E-state index is -3.96. The van der Waals surface area contributed by atoms with Gasteiger partial charge >= 0.3 is 0 Å². The van der Waals surface area contributed by atoms with Gasteiger partial charge in [0.2, 0.25) is 10.0 Å². The van der Waals surface area contributed by atoms with E-state index < -0.39 is 15.9 Å². The van der Waals surface area contributed by atoms with Crippen LogP contribution in [0.15, 0.2) is 21.5 Å². The Labute approximate surface area is 137 Å². The van der Waals surface area contributed by atoms with Crippen LogP contribution >= 0.6 is 27.5 Å². The fourth-order valence-electron chi connectivity index (χ4n) is 1.56. The predicted octanol–water partition coefficient (Wildman–Crippen LogP) is 1.90. The highest BCUT2D eigenvalue weighted by Gasteiger charge is 2.20. The molecule has 0 saturated carbocycles. The predicted molar refractivity (Wildman–Crippen MR) is 83.9 cm³/mol. The Morgan fingerprint density at radius 1 is 1.52 bits per heavy atom. The number of sulfonamides is 1. The maximum absolute atomic E-state index is 12.1. The molecule has 0 fully saturated rings. The van der Waals surface area contributed by atoms with Crippen LogP contribution in [0.2, 0.25) is 5.02 Å². The monoisotopic (exact) mass is 398 g/mol. The number of primary sulfonamides is 1. The van der Waals surface area contributed by atoms with Gasteiger partial charge in [-0.3, -0.25) is 4.79 Å². The first kappa shape index (κ1) is 18.4. The number of amides is 1. The Morgan fingerprint density at radius 2 is 2.14 bits per heavy atom. The smallest absolute Gasteiger partial charge is 0.253 e. The molecule has 6 nitrogen and oxygen atoms in total. The Morgan fingerprint density at radius 3 is 2.67 bits per heavy atom. The molecule has 0 saturated heterocycles. The number of hydrogen-bond acceptors (Lipinski definition) is 4. The van der Waals surface area contributed by atoms with E-state index in [9.17, 15) is 13.2 Å². The minimum Gasteiger partial charge on any atom is -0.380 e. The van der Waals surface area contributed by atoms with E-state index in [1.54, 1.807) is 6.92 Å². The largest absolute Gasteiger partial charge is 0.380 e. The van der Waals surface area contributed by atoms with E-state index in [1.807, 2.05) is 6.92 Å². The standard InChI is InChI=1S/C12H16BrClN2O4S/c1-3-20-6-7(2)16-12(17)8-4-11(21(15,18)19)9(13)5-10(8)14/h4-5,7H,3,6H2,1-2H3,(H,16,17)(H2,15,18,19). The van der Waals surface area contributed by atoms with Gasteiger partial charge in [0, 0.05) is 17.1 Å². The average Bonchev–Trinajstić information content (AvgIpc) is 2.34. The number of carbonyl (C=O) groups is 1. The van der Waals surface area contributed by atoms with Crippen LogP contribution in [0.4, 0.5) is 0 Å². The zero-order chi connectivity index (χ0) is 16.2. The molecule has 118 valence electrons. The number of ether oxygens (including phenoxy) is 1. The second kappa shape index (κ2) is 7.55. The summed E-state index contributed by atoms with van der Waals surface area (Å²) in [7, 11) is -3.96. The van der Waals surface area contributed by atoms with Crippen LogP contribution in [0, 0.1) is 0 Å². The lowest BCUT2D eigenvalue weighted by Gasteiger charge is -2.15. The van der Waals surface area contributed by atoms with Gasteiger partial charge in [-0.05, 0) is 41.9 Å². The first-order valence-electron chi connectivity index (χ1n) is 6.07. The molecule has 0 spiro atoms. The summed E-state index contributed by atoms with van der Waals surface area (Å²) in [5.41, 5.74) is 0.0345. The third-order valence-electron chi connectivity index (χ3n) is 2.52. The lowest BCUT2D eigenvalue weighted by Crippen LogP contribution is -2.36. The molecule has 3 N–H and O–H groups in total. The van der Waals surface area contributed by atoms with Gasteiger partial charge in [-0.1, -0.05) is 11.6 Å². The van der Waals surface area contributed by atoms with Crippen molar-refractivity contribution in [2.75, 3.05) is 13.2 Å². The molecule has 0 heterocycles. The third-order valence-corrected chi connectivity index (χ3v) is 4.70. The summed E-state index contributed by atoms with van der Waals surface area (Å²) < 4.78 is 28.3. The molecule has 1 rings (SSSR count). The van der Waals surface area contributed by atoms with Gasteiger partial charge in [0.05, 0.1) is 22.1 Å². The van der Waals surface area contributed by atoms with Crippen molar-refractivity contribution in [2.24, 2.45) is 5.14 Å². The van der Waals surface area contributed by atoms with E-state index in [0.29, 0.717) is 13.2 Å². The fraction of sp³-hybridized carbons (Fsp3) is 0.417. The summed E-state index contributed by atoms with van der Waals surface area (Å²) in [6.07, 6.45) is 0. The third kappa shape index (κ3) is 5.23. The lowest BCUT2D eigenvalue weighted by molar-refractivity contribution is 0.0872. The molecule has 0 aliphatic rings. The molecular weight excluding hydrogens is 384 g/mol. The highest BCUT2D eigenvalue weighted by Crippen LogP contribution is 2.28. The van der Waals surface area contributed by atoms with Gasteiger partial charge in [0.15, 0.2) is 0 Å². The molecule has 1 unspecified atom stereocenters. The van der Waals surface area contributed by atoms with Crippen molar-refractivity contribution in [3.8, 4) is 0 Å². The SMILES string of the molecule is CCOCC(C)NC(=O)c1cc(S(N)(=O)=O)c(Br)cc1Cl. The molecule has 0 aliphatic heterocycles. The molecule has 1 aromatic rings. The number of nitrogens with two attached hydrogens (primary N) is 1. The van der Waals surface area contributed by atoms with E-state index in [4.69, 9.17) is 21.5 Å². The molecule has 1 amide bonds. The summed E-state index contributed by atoms with van der Waals surface area (Å²) in [5, 5.41) is 7.88. The van der Waals surface area contributed by atoms with E-state index in [1.165, 1.54) is 6.07 Å². The first-order valence-corrected chi connectivity index (χ1v) is 8.79. The van der Waals surface area contributed by atoms with Crippen molar-refractivity contribution in [1.82, 2.24) is 5.32 Å². The molecule has 0 aromatic heterocycles. The number of benzene rings is 1. The maximum atomic E-state index is 12.1. The van der Waals surface area contributed by atoms with E-state index in [0.717, 1.165) is 6.07 Å². The fourth-order valence-corrected chi connectivity index (χ4v) is 3.57. The summed E-state index contributed by atoms with van der Waals surface area (Å²) in [5.74, 6) is -0.496. The van der Waals surface area contributed by atoms with E-state index in [-0.39, 0.29) is 26.0 Å². The normalized spacial score (nSPS) is 13.0. The average molecular weight is 400 g/mol. The molecule has 1 aromatic carbocycles. The first-order chi connectivity index (χ1) is 9.66. The Hall–Kier alpha value is -0.670.